The molecule has 2 N–H and O–H groups in total. The molecular formula is C19H17ClN2O5. The van der Waals surface area contributed by atoms with Crippen molar-refractivity contribution in [3.63, 3.8) is 0 Å². The number of hydrogen-bond acceptors (Lipinski definition) is 5. The maximum atomic E-state index is 12.7. The highest BCUT2D eigenvalue weighted by atomic mass is 35.5. The minimum atomic E-state index is -0.594. The largest absolute Gasteiger partial charge is 0.497 e. The average Bonchev–Trinajstić information content (AvgIpc) is 2.68. The Kier molecular flexibility index (Phi) is 5.23. The molecule has 27 heavy (non-hydrogen) atoms. The normalized spacial score (nSPS) is 10.5. The van der Waals surface area contributed by atoms with E-state index in [0.717, 1.165) is 0 Å². The van der Waals surface area contributed by atoms with Crippen LogP contribution in [0.25, 0.3) is 10.9 Å². The molecule has 0 bridgehead atoms. The van der Waals surface area contributed by atoms with E-state index in [0.29, 0.717) is 38.9 Å². The van der Waals surface area contributed by atoms with Crippen LogP contribution in [0.5, 0.6) is 17.2 Å². The van der Waals surface area contributed by atoms with E-state index in [9.17, 15) is 9.59 Å². The number of halogens is 1. The summed E-state index contributed by atoms with van der Waals surface area (Å²) in [6, 6.07) is 8.06. The number of ether oxygens (including phenoxy) is 3. The highest BCUT2D eigenvalue weighted by molar-refractivity contribution is 6.32. The monoisotopic (exact) mass is 388 g/mol. The number of nitrogens with one attached hydrogen (secondary N) is 2. The van der Waals surface area contributed by atoms with Gasteiger partial charge < -0.3 is 24.5 Å². The number of carbonyl (C=O) groups excluding carboxylic acids is 1. The van der Waals surface area contributed by atoms with E-state index in [4.69, 9.17) is 25.8 Å². The van der Waals surface area contributed by atoms with Crippen molar-refractivity contribution >= 4 is 34.1 Å². The summed E-state index contributed by atoms with van der Waals surface area (Å²) in [5, 5.41) is 3.35. The van der Waals surface area contributed by atoms with Crippen LogP contribution in [0, 0.1) is 0 Å². The standard InChI is InChI=1S/C19H17ClN2O5/c1-25-10-4-5-14-11(6-10)18(23)12(9-21-14)19(24)22-15-8-16(26-2)13(20)7-17(15)27-3/h4-9H,1-3H3,(H,21,23)(H,22,24). The first-order valence-electron chi connectivity index (χ1n) is 7.90. The smallest absolute Gasteiger partial charge is 0.261 e. The number of benzene rings is 2. The minimum absolute atomic E-state index is 0.0493. The predicted molar refractivity (Wildman–Crippen MR) is 104 cm³/mol. The van der Waals surface area contributed by atoms with Crippen LogP contribution in [0.3, 0.4) is 0 Å². The topological polar surface area (TPSA) is 89.7 Å². The van der Waals surface area contributed by atoms with Crippen LogP contribution in [0.15, 0.2) is 41.3 Å². The lowest BCUT2D eigenvalue weighted by Gasteiger charge is -2.13. The van der Waals surface area contributed by atoms with Gasteiger partial charge in [-0.2, -0.15) is 0 Å². The van der Waals surface area contributed by atoms with E-state index < -0.39 is 11.3 Å². The maximum absolute atomic E-state index is 12.7. The number of rotatable bonds is 5. The SMILES string of the molecule is COc1ccc2[nH]cc(C(=O)Nc3cc(OC)c(Cl)cc3OC)c(=O)c2c1. The number of fused-ring (bicyclic) bond motifs is 1. The molecule has 1 aromatic heterocycles. The fourth-order valence-corrected chi connectivity index (χ4v) is 2.87. The zero-order valence-electron chi connectivity index (χ0n) is 14.9. The number of aromatic amines is 1. The maximum Gasteiger partial charge on any atom is 0.261 e. The first-order chi connectivity index (χ1) is 13.0. The predicted octanol–water partition coefficient (Wildman–Crippen LogP) is 3.46. The van der Waals surface area contributed by atoms with Gasteiger partial charge in [0.2, 0.25) is 5.43 Å². The number of hydrogen-bond donors (Lipinski definition) is 2. The highest BCUT2D eigenvalue weighted by Gasteiger charge is 2.17. The molecule has 1 heterocycles. The Balaban J connectivity index is 2.02. The molecule has 3 aromatic rings. The van der Waals surface area contributed by atoms with E-state index in [1.54, 1.807) is 18.2 Å². The number of pyridine rings is 1. The Morgan fingerprint density at radius 1 is 1.04 bits per heavy atom. The van der Waals surface area contributed by atoms with E-state index >= 15 is 0 Å². The molecule has 140 valence electrons. The van der Waals surface area contributed by atoms with Crippen molar-refractivity contribution in [1.82, 2.24) is 4.98 Å². The zero-order valence-corrected chi connectivity index (χ0v) is 15.6. The Bertz CT molecular complexity index is 1080. The van der Waals surface area contributed by atoms with Crippen molar-refractivity contribution in [2.24, 2.45) is 0 Å². The van der Waals surface area contributed by atoms with Crippen LogP contribution < -0.4 is 25.0 Å². The van der Waals surface area contributed by atoms with Gasteiger partial charge in [0.15, 0.2) is 0 Å². The van der Waals surface area contributed by atoms with Crippen LogP contribution in [0.2, 0.25) is 5.02 Å². The Labute approximate surface area is 159 Å². The molecule has 0 radical (unpaired) electrons. The lowest BCUT2D eigenvalue weighted by Crippen LogP contribution is -2.22. The van der Waals surface area contributed by atoms with Crippen LogP contribution in [-0.4, -0.2) is 32.2 Å². The summed E-state index contributed by atoms with van der Waals surface area (Å²) in [5.74, 6) is 0.635. The van der Waals surface area contributed by atoms with Gasteiger partial charge in [0.1, 0.15) is 22.8 Å². The van der Waals surface area contributed by atoms with Gasteiger partial charge in [-0.1, -0.05) is 11.6 Å². The summed E-state index contributed by atoms with van der Waals surface area (Å²) >= 11 is 6.07. The van der Waals surface area contributed by atoms with Crippen molar-refractivity contribution < 1.29 is 19.0 Å². The summed E-state index contributed by atoms with van der Waals surface area (Å²) in [4.78, 5) is 28.4. The third-order valence-corrected chi connectivity index (χ3v) is 4.35. The first-order valence-corrected chi connectivity index (χ1v) is 8.28. The minimum Gasteiger partial charge on any atom is -0.497 e. The summed E-state index contributed by atoms with van der Waals surface area (Å²) < 4.78 is 15.5. The third-order valence-electron chi connectivity index (χ3n) is 4.05. The van der Waals surface area contributed by atoms with Crippen LogP contribution in [0.1, 0.15) is 10.4 Å². The second-order valence-corrected chi connectivity index (χ2v) is 5.99. The van der Waals surface area contributed by atoms with Crippen molar-refractivity contribution in [3.8, 4) is 17.2 Å². The Hall–Kier alpha value is -3.19. The van der Waals surface area contributed by atoms with Crippen molar-refractivity contribution in [3.05, 3.63) is 57.3 Å². The number of amides is 1. The molecule has 0 saturated carbocycles. The fourth-order valence-electron chi connectivity index (χ4n) is 2.64. The summed E-state index contributed by atoms with van der Waals surface area (Å²) in [6.07, 6.45) is 1.37. The fraction of sp³-hybridized carbons (Fsp3) is 0.158. The van der Waals surface area contributed by atoms with Gasteiger partial charge in [0.25, 0.3) is 5.91 Å². The molecule has 0 fully saturated rings. The second-order valence-electron chi connectivity index (χ2n) is 5.58. The number of carbonyl (C=O) groups is 1. The van der Waals surface area contributed by atoms with Gasteiger partial charge in [-0.15, -0.1) is 0 Å². The molecule has 0 aliphatic heterocycles. The van der Waals surface area contributed by atoms with Gasteiger partial charge >= 0.3 is 0 Å². The van der Waals surface area contributed by atoms with Gasteiger partial charge in [-0.3, -0.25) is 9.59 Å². The molecule has 8 heteroatoms. The summed E-state index contributed by atoms with van der Waals surface area (Å²) in [6.45, 7) is 0. The molecular weight excluding hydrogens is 372 g/mol. The second kappa shape index (κ2) is 7.59. The number of aromatic nitrogens is 1. The quantitative estimate of drug-likeness (QED) is 0.698. The van der Waals surface area contributed by atoms with Gasteiger partial charge in [0.05, 0.1) is 32.0 Å². The highest BCUT2D eigenvalue weighted by Crippen LogP contribution is 2.36. The molecule has 3 rings (SSSR count). The third kappa shape index (κ3) is 3.54. The number of H-pyrrole nitrogens is 1. The van der Waals surface area contributed by atoms with Gasteiger partial charge in [-0.05, 0) is 18.2 Å². The Morgan fingerprint density at radius 3 is 2.44 bits per heavy atom. The first kappa shape index (κ1) is 18.6. The van der Waals surface area contributed by atoms with Crippen molar-refractivity contribution in [2.45, 2.75) is 0 Å². The summed E-state index contributed by atoms with van der Waals surface area (Å²) in [7, 11) is 4.41. The van der Waals surface area contributed by atoms with Gasteiger partial charge in [-0.25, -0.2) is 0 Å². The zero-order chi connectivity index (χ0) is 19.6. The lowest BCUT2D eigenvalue weighted by molar-refractivity contribution is 0.102. The van der Waals surface area contributed by atoms with E-state index in [2.05, 4.69) is 10.3 Å². The average molecular weight is 389 g/mol. The van der Waals surface area contributed by atoms with E-state index in [1.165, 1.54) is 39.7 Å². The van der Waals surface area contributed by atoms with Crippen LogP contribution in [-0.2, 0) is 0 Å². The molecule has 0 atom stereocenters. The van der Waals surface area contributed by atoms with Crippen molar-refractivity contribution in [1.29, 1.82) is 0 Å². The van der Waals surface area contributed by atoms with E-state index in [-0.39, 0.29) is 5.56 Å². The van der Waals surface area contributed by atoms with Crippen LogP contribution in [0.4, 0.5) is 5.69 Å². The molecule has 0 unspecified atom stereocenters. The summed E-state index contributed by atoms with van der Waals surface area (Å²) in [5.41, 5.74) is 0.462. The van der Waals surface area contributed by atoms with Gasteiger partial charge in [0, 0.05) is 29.2 Å². The Morgan fingerprint density at radius 2 is 1.78 bits per heavy atom. The molecule has 0 saturated heterocycles. The molecule has 0 aliphatic carbocycles. The molecule has 0 spiro atoms. The molecule has 2 aromatic carbocycles. The van der Waals surface area contributed by atoms with E-state index in [1.807, 2.05) is 0 Å². The molecule has 7 nitrogen and oxygen atoms in total. The molecule has 0 aliphatic rings. The molecule has 1 amide bonds. The number of anilines is 1. The van der Waals surface area contributed by atoms with Crippen LogP contribution >= 0.6 is 11.6 Å². The van der Waals surface area contributed by atoms with Crippen molar-refractivity contribution in [2.75, 3.05) is 26.6 Å². The number of methoxy groups -OCH3 is 3. The lowest BCUT2D eigenvalue weighted by atomic mass is 10.1.